The van der Waals surface area contributed by atoms with Gasteiger partial charge in [0.25, 0.3) is 0 Å². The standard InChI is InChI=1S/C17H22Cl2N2O3/c1-17(2,3)24-15(22)10-21-8-4-5-14(21)16(23)20-13-9-11(18)6-7-12(13)19/h6-7,9,14H,4-5,8,10H2,1-3H3,(H,20,23). The molecule has 1 aliphatic rings. The smallest absolute Gasteiger partial charge is 0.320 e. The summed E-state index contributed by atoms with van der Waals surface area (Å²) >= 11 is 12.0. The van der Waals surface area contributed by atoms with Crippen LogP contribution in [0.4, 0.5) is 5.69 Å². The third-order valence-electron chi connectivity index (χ3n) is 3.60. The van der Waals surface area contributed by atoms with E-state index in [1.54, 1.807) is 18.2 Å². The normalized spacial score (nSPS) is 18.5. The summed E-state index contributed by atoms with van der Waals surface area (Å²) in [6.07, 6.45) is 1.54. The van der Waals surface area contributed by atoms with E-state index in [0.29, 0.717) is 28.7 Å². The Labute approximate surface area is 152 Å². The molecule has 0 saturated carbocycles. The highest BCUT2D eigenvalue weighted by molar-refractivity contribution is 6.35. The number of carbonyl (C=O) groups is 2. The predicted octanol–water partition coefficient (Wildman–Crippen LogP) is 3.74. The van der Waals surface area contributed by atoms with Gasteiger partial charge in [-0.25, -0.2) is 0 Å². The Kier molecular flexibility index (Phi) is 6.12. The fourth-order valence-electron chi connectivity index (χ4n) is 2.66. The number of halogens is 2. The minimum absolute atomic E-state index is 0.0959. The molecule has 5 nitrogen and oxygen atoms in total. The third-order valence-corrected chi connectivity index (χ3v) is 4.17. The summed E-state index contributed by atoms with van der Waals surface area (Å²) in [4.78, 5) is 26.4. The number of hydrogen-bond donors (Lipinski definition) is 1. The van der Waals surface area contributed by atoms with Gasteiger partial charge in [0.2, 0.25) is 5.91 Å². The van der Waals surface area contributed by atoms with Crippen molar-refractivity contribution in [2.45, 2.75) is 45.3 Å². The van der Waals surface area contributed by atoms with Crippen LogP contribution in [0.3, 0.4) is 0 Å². The average Bonchev–Trinajstić information content (AvgIpc) is 2.88. The second-order valence-electron chi connectivity index (χ2n) is 6.83. The largest absolute Gasteiger partial charge is 0.459 e. The molecule has 1 unspecified atom stereocenters. The average molecular weight is 373 g/mol. The van der Waals surface area contributed by atoms with Crippen molar-refractivity contribution in [2.24, 2.45) is 0 Å². The van der Waals surface area contributed by atoms with Gasteiger partial charge in [0.1, 0.15) is 5.60 Å². The van der Waals surface area contributed by atoms with E-state index in [0.717, 1.165) is 6.42 Å². The molecule has 132 valence electrons. The van der Waals surface area contributed by atoms with Crippen LogP contribution in [-0.2, 0) is 14.3 Å². The van der Waals surface area contributed by atoms with Gasteiger partial charge in [-0.05, 0) is 58.4 Å². The summed E-state index contributed by atoms with van der Waals surface area (Å²) in [6, 6.07) is 4.51. The van der Waals surface area contributed by atoms with Crippen LogP contribution in [0.15, 0.2) is 18.2 Å². The van der Waals surface area contributed by atoms with Crippen LogP contribution in [0.1, 0.15) is 33.6 Å². The van der Waals surface area contributed by atoms with Gasteiger partial charge in [-0.1, -0.05) is 23.2 Å². The SMILES string of the molecule is CC(C)(C)OC(=O)CN1CCCC1C(=O)Nc1cc(Cl)ccc1Cl. The first kappa shape index (κ1) is 19.0. The lowest BCUT2D eigenvalue weighted by Gasteiger charge is -2.25. The fourth-order valence-corrected chi connectivity index (χ4v) is 3.00. The summed E-state index contributed by atoms with van der Waals surface area (Å²) in [7, 11) is 0. The van der Waals surface area contributed by atoms with E-state index in [1.807, 2.05) is 25.7 Å². The number of nitrogens with one attached hydrogen (secondary N) is 1. The molecule has 1 heterocycles. The van der Waals surface area contributed by atoms with Crippen LogP contribution >= 0.6 is 23.2 Å². The Morgan fingerprint density at radius 2 is 2.04 bits per heavy atom. The highest BCUT2D eigenvalue weighted by atomic mass is 35.5. The Morgan fingerprint density at radius 3 is 2.71 bits per heavy atom. The van der Waals surface area contributed by atoms with Crippen LogP contribution < -0.4 is 5.32 Å². The van der Waals surface area contributed by atoms with Crippen molar-refractivity contribution in [3.8, 4) is 0 Å². The monoisotopic (exact) mass is 372 g/mol. The first-order valence-electron chi connectivity index (χ1n) is 7.87. The first-order valence-corrected chi connectivity index (χ1v) is 8.63. The zero-order valence-electron chi connectivity index (χ0n) is 14.1. The Balaban J connectivity index is 2.00. The van der Waals surface area contributed by atoms with Crippen LogP contribution in [0, 0.1) is 0 Å². The maximum Gasteiger partial charge on any atom is 0.320 e. The lowest BCUT2D eigenvalue weighted by atomic mass is 10.2. The molecule has 1 atom stereocenters. The molecule has 0 bridgehead atoms. The van der Waals surface area contributed by atoms with Crippen molar-refractivity contribution in [3.63, 3.8) is 0 Å². The van der Waals surface area contributed by atoms with Crippen LogP contribution in [0.5, 0.6) is 0 Å². The number of benzene rings is 1. The van der Waals surface area contributed by atoms with Gasteiger partial charge in [0.05, 0.1) is 23.3 Å². The molecule has 1 saturated heterocycles. The topological polar surface area (TPSA) is 58.6 Å². The number of rotatable bonds is 4. The van der Waals surface area contributed by atoms with E-state index in [9.17, 15) is 9.59 Å². The summed E-state index contributed by atoms with van der Waals surface area (Å²) in [6.45, 7) is 6.24. The van der Waals surface area contributed by atoms with Crippen LogP contribution in [0.2, 0.25) is 10.0 Å². The lowest BCUT2D eigenvalue weighted by molar-refractivity contribution is -0.156. The molecule has 1 N–H and O–H groups in total. The number of anilines is 1. The fraction of sp³-hybridized carbons (Fsp3) is 0.529. The second-order valence-corrected chi connectivity index (χ2v) is 7.67. The van der Waals surface area contributed by atoms with Crippen LogP contribution in [-0.4, -0.2) is 41.5 Å². The molecule has 7 heteroatoms. The molecule has 0 aromatic heterocycles. The summed E-state index contributed by atoms with van der Waals surface area (Å²) < 4.78 is 5.33. The molecule has 1 aromatic rings. The maximum atomic E-state index is 12.5. The van der Waals surface area contributed by atoms with Crippen molar-refractivity contribution >= 4 is 40.8 Å². The van der Waals surface area contributed by atoms with Crippen molar-refractivity contribution in [1.82, 2.24) is 4.90 Å². The summed E-state index contributed by atoms with van der Waals surface area (Å²) in [5, 5.41) is 3.71. The van der Waals surface area contributed by atoms with Gasteiger partial charge in [-0.2, -0.15) is 0 Å². The van der Waals surface area contributed by atoms with Crippen LogP contribution in [0.25, 0.3) is 0 Å². The maximum absolute atomic E-state index is 12.5. The Hall–Kier alpha value is -1.30. The molecule has 2 rings (SSSR count). The van der Waals surface area contributed by atoms with E-state index < -0.39 is 5.60 Å². The molecule has 1 amide bonds. The van der Waals surface area contributed by atoms with E-state index in [-0.39, 0.29) is 24.5 Å². The van der Waals surface area contributed by atoms with Gasteiger partial charge in [-0.15, -0.1) is 0 Å². The highest BCUT2D eigenvalue weighted by Gasteiger charge is 2.33. The predicted molar refractivity (Wildman–Crippen MR) is 95.5 cm³/mol. The van der Waals surface area contributed by atoms with Gasteiger partial charge in [-0.3, -0.25) is 14.5 Å². The molecule has 1 aromatic carbocycles. The molecule has 0 radical (unpaired) electrons. The zero-order valence-corrected chi connectivity index (χ0v) is 15.6. The molecular formula is C17H22Cl2N2O3. The number of nitrogens with zero attached hydrogens (tertiary/aromatic N) is 1. The molecular weight excluding hydrogens is 351 g/mol. The van der Waals surface area contributed by atoms with Gasteiger partial charge in [0.15, 0.2) is 0 Å². The van der Waals surface area contributed by atoms with Gasteiger partial charge < -0.3 is 10.1 Å². The summed E-state index contributed by atoms with van der Waals surface area (Å²) in [5.41, 5.74) is -0.0682. The molecule has 0 spiro atoms. The zero-order chi connectivity index (χ0) is 17.9. The van der Waals surface area contributed by atoms with Gasteiger partial charge in [0, 0.05) is 5.02 Å². The number of carbonyl (C=O) groups excluding carboxylic acids is 2. The number of ether oxygens (including phenoxy) is 1. The number of likely N-dealkylation sites (tertiary alicyclic amines) is 1. The third kappa shape index (κ3) is 5.36. The van der Waals surface area contributed by atoms with Crippen molar-refractivity contribution < 1.29 is 14.3 Å². The summed E-state index contributed by atoms with van der Waals surface area (Å²) in [5.74, 6) is -0.525. The minimum atomic E-state index is -0.539. The van der Waals surface area contributed by atoms with Crippen molar-refractivity contribution in [3.05, 3.63) is 28.2 Å². The lowest BCUT2D eigenvalue weighted by Crippen LogP contribution is -2.43. The molecule has 0 aliphatic carbocycles. The molecule has 24 heavy (non-hydrogen) atoms. The van der Waals surface area contributed by atoms with Crippen molar-refractivity contribution in [2.75, 3.05) is 18.4 Å². The molecule has 1 aliphatic heterocycles. The van der Waals surface area contributed by atoms with E-state index in [1.165, 1.54) is 0 Å². The number of amides is 1. The van der Waals surface area contributed by atoms with E-state index >= 15 is 0 Å². The van der Waals surface area contributed by atoms with Gasteiger partial charge >= 0.3 is 5.97 Å². The van der Waals surface area contributed by atoms with E-state index in [4.69, 9.17) is 27.9 Å². The number of hydrogen-bond acceptors (Lipinski definition) is 4. The van der Waals surface area contributed by atoms with E-state index in [2.05, 4.69) is 5.32 Å². The Bertz CT molecular complexity index is 629. The Morgan fingerprint density at radius 1 is 1.33 bits per heavy atom. The highest BCUT2D eigenvalue weighted by Crippen LogP contribution is 2.27. The molecule has 1 fully saturated rings. The number of esters is 1. The second kappa shape index (κ2) is 7.72. The minimum Gasteiger partial charge on any atom is -0.459 e. The first-order chi connectivity index (χ1) is 11.2. The quantitative estimate of drug-likeness (QED) is 0.817. The van der Waals surface area contributed by atoms with Crippen molar-refractivity contribution in [1.29, 1.82) is 0 Å².